The molecule has 1 atom stereocenters. The summed E-state index contributed by atoms with van der Waals surface area (Å²) in [6.45, 7) is 0. The first-order valence-electron chi connectivity index (χ1n) is 7.20. The first-order valence-corrected chi connectivity index (χ1v) is 7.20. The zero-order chi connectivity index (χ0) is 17.0. The number of anilines is 1. The van der Waals surface area contributed by atoms with Crippen LogP contribution in [0.3, 0.4) is 0 Å². The molecular formula is C16H22ClN5O2. The number of nitrogens with zero attached hydrogens (tertiary/aromatic N) is 3. The number of likely N-dealkylation sites (N-methyl/N-ethyl adjacent to an activating group) is 1. The standard InChI is InChI=1S/C16H21N5O2.ClH/c1-17-14(12-9-18-21(4)10-12)15(22)19-13-7-5-6-11(8-13)16(23)20(2)3;/h5-10,14,17H,1-4H3,(H,19,22);1H. The van der Waals surface area contributed by atoms with Gasteiger partial charge in [-0.25, -0.2) is 0 Å². The second-order valence-corrected chi connectivity index (χ2v) is 5.44. The number of halogens is 1. The first-order chi connectivity index (χ1) is 10.9. The quantitative estimate of drug-likeness (QED) is 0.854. The second-order valence-electron chi connectivity index (χ2n) is 5.44. The maximum Gasteiger partial charge on any atom is 0.253 e. The van der Waals surface area contributed by atoms with Gasteiger partial charge in [0.2, 0.25) is 5.91 Å². The number of aromatic nitrogens is 2. The maximum absolute atomic E-state index is 12.5. The lowest BCUT2D eigenvalue weighted by molar-refractivity contribution is -0.118. The number of carbonyl (C=O) groups excluding carboxylic acids is 2. The topological polar surface area (TPSA) is 79.3 Å². The largest absolute Gasteiger partial charge is 0.345 e. The summed E-state index contributed by atoms with van der Waals surface area (Å²) in [5.74, 6) is -0.325. The number of benzene rings is 1. The minimum Gasteiger partial charge on any atom is -0.345 e. The van der Waals surface area contributed by atoms with Gasteiger partial charge in [-0.2, -0.15) is 5.10 Å². The van der Waals surface area contributed by atoms with E-state index in [1.165, 1.54) is 4.90 Å². The van der Waals surface area contributed by atoms with E-state index in [0.717, 1.165) is 5.56 Å². The van der Waals surface area contributed by atoms with Crippen LogP contribution in [0.5, 0.6) is 0 Å². The van der Waals surface area contributed by atoms with Crippen LogP contribution < -0.4 is 10.6 Å². The number of rotatable bonds is 5. The van der Waals surface area contributed by atoms with Crippen molar-refractivity contribution in [3.8, 4) is 0 Å². The van der Waals surface area contributed by atoms with E-state index < -0.39 is 6.04 Å². The smallest absolute Gasteiger partial charge is 0.253 e. The Balaban J connectivity index is 0.00000288. The van der Waals surface area contributed by atoms with Gasteiger partial charge in [0.1, 0.15) is 6.04 Å². The lowest BCUT2D eigenvalue weighted by Crippen LogP contribution is -2.30. The molecule has 1 aromatic heterocycles. The van der Waals surface area contributed by atoms with E-state index in [1.807, 2.05) is 0 Å². The molecule has 1 aromatic carbocycles. The minimum absolute atomic E-state index is 0. The molecule has 7 nitrogen and oxygen atoms in total. The van der Waals surface area contributed by atoms with Crippen LogP contribution in [0.2, 0.25) is 0 Å². The molecule has 2 N–H and O–H groups in total. The van der Waals surface area contributed by atoms with Crippen LogP contribution in [0, 0.1) is 0 Å². The molecule has 1 heterocycles. The van der Waals surface area contributed by atoms with E-state index in [0.29, 0.717) is 11.3 Å². The molecular weight excluding hydrogens is 330 g/mol. The molecule has 0 radical (unpaired) electrons. The zero-order valence-electron chi connectivity index (χ0n) is 14.1. The van der Waals surface area contributed by atoms with Gasteiger partial charge in [-0.3, -0.25) is 14.3 Å². The fourth-order valence-corrected chi connectivity index (χ4v) is 2.24. The highest BCUT2D eigenvalue weighted by atomic mass is 35.5. The summed E-state index contributed by atoms with van der Waals surface area (Å²) in [5.41, 5.74) is 1.87. The SMILES string of the molecule is CNC(C(=O)Nc1cccc(C(=O)N(C)C)c1)c1cnn(C)c1.Cl. The van der Waals surface area contributed by atoms with Gasteiger partial charge >= 0.3 is 0 Å². The van der Waals surface area contributed by atoms with E-state index in [-0.39, 0.29) is 24.2 Å². The fourth-order valence-electron chi connectivity index (χ4n) is 2.24. The van der Waals surface area contributed by atoms with Crippen LogP contribution in [0.4, 0.5) is 5.69 Å². The Bertz CT molecular complexity index is 714. The lowest BCUT2D eigenvalue weighted by Gasteiger charge is -2.15. The van der Waals surface area contributed by atoms with Crippen LogP contribution >= 0.6 is 12.4 Å². The van der Waals surface area contributed by atoms with Crippen LogP contribution in [0.1, 0.15) is 22.0 Å². The molecule has 2 amide bonds. The number of amides is 2. The summed E-state index contributed by atoms with van der Waals surface area (Å²) >= 11 is 0. The highest BCUT2D eigenvalue weighted by Crippen LogP contribution is 2.17. The summed E-state index contributed by atoms with van der Waals surface area (Å²) in [7, 11) is 6.88. The van der Waals surface area contributed by atoms with Crippen LogP contribution in [0.15, 0.2) is 36.7 Å². The number of aryl methyl sites for hydroxylation is 1. The van der Waals surface area contributed by atoms with Crippen LogP contribution in [-0.4, -0.2) is 47.6 Å². The second kappa shape index (κ2) is 8.47. The highest BCUT2D eigenvalue weighted by molar-refractivity contribution is 5.98. The Morgan fingerprint density at radius 2 is 2.00 bits per heavy atom. The molecule has 0 aliphatic heterocycles. The lowest BCUT2D eigenvalue weighted by atomic mass is 10.1. The molecule has 1 unspecified atom stereocenters. The van der Waals surface area contributed by atoms with Gasteiger partial charge in [0.15, 0.2) is 0 Å². The van der Waals surface area contributed by atoms with Crippen molar-refractivity contribution in [3.05, 3.63) is 47.8 Å². The van der Waals surface area contributed by atoms with Crippen molar-refractivity contribution in [2.24, 2.45) is 7.05 Å². The molecule has 2 aromatic rings. The van der Waals surface area contributed by atoms with Crippen molar-refractivity contribution < 1.29 is 9.59 Å². The Morgan fingerprint density at radius 1 is 1.29 bits per heavy atom. The van der Waals surface area contributed by atoms with Crippen molar-refractivity contribution in [3.63, 3.8) is 0 Å². The molecule has 0 spiro atoms. The summed E-state index contributed by atoms with van der Waals surface area (Å²) in [4.78, 5) is 25.9. The highest BCUT2D eigenvalue weighted by Gasteiger charge is 2.20. The molecule has 0 saturated heterocycles. The molecule has 0 fully saturated rings. The summed E-state index contributed by atoms with van der Waals surface area (Å²) in [6.07, 6.45) is 3.43. The average Bonchev–Trinajstić information content (AvgIpc) is 2.93. The zero-order valence-corrected chi connectivity index (χ0v) is 14.9. The summed E-state index contributed by atoms with van der Waals surface area (Å²) in [5, 5.41) is 9.87. The van der Waals surface area contributed by atoms with Gasteiger partial charge < -0.3 is 15.5 Å². The molecule has 0 aliphatic carbocycles. The predicted molar refractivity (Wildman–Crippen MR) is 95.3 cm³/mol. The molecule has 130 valence electrons. The van der Waals surface area contributed by atoms with Crippen molar-refractivity contribution in [2.45, 2.75) is 6.04 Å². The molecule has 2 rings (SSSR count). The average molecular weight is 352 g/mol. The van der Waals surface area contributed by atoms with Gasteiger partial charge in [-0.05, 0) is 25.2 Å². The summed E-state index contributed by atoms with van der Waals surface area (Å²) < 4.78 is 1.64. The minimum atomic E-state index is -0.517. The molecule has 8 heteroatoms. The number of hydrogen-bond acceptors (Lipinski definition) is 4. The number of hydrogen-bond donors (Lipinski definition) is 2. The third kappa shape index (κ3) is 4.56. The van der Waals surface area contributed by atoms with Gasteiger partial charge in [-0.1, -0.05) is 6.07 Å². The van der Waals surface area contributed by atoms with Crippen molar-refractivity contribution in [1.29, 1.82) is 0 Å². The van der Waals surface area contributed by atoms with Gasteiger partial charge in [0, 0.05) is 44.2 Å². The van der Waals surface area contributed by atoms with E-state index in [9.17, 15) is 9.59 Å². The predicted octanol–water partition coefficient (Wildman–Crippen LogP) is 1.44. The van der Waals surface area contributed by atoms with Crippen LogP contribution in [0.25, 0.3) is 0 Å². The van der Waals surface area contributed by atoms with Gasteiger partial charge in [0.05, 0.1) is 6.20 Å². The molecule has 0 aliphatic rings. The summed E-state index contributed by atoms with van der Waals surface area (Å²) in [6, 6.07) is 6.35. The van der Waals surface area contributed by atoms with E-state index in [1.54, 1.807) is 69.5 Å². The maximum atomic E-state index is 12.5. The monoisotopic (exact) mass is 351 g/mol. The molecule has 0 saturated carbocycles. The van der Waals surface area contributed by atoms with E-state index >= 15 is 0 Å². The van der Waals surface area contributed by atoms with Crippen molar-refractivity contribution >= 4 is 29.9 Å². The molecule has 0 bridgehead atoms. The Morgan fingerprint density at radius 3 is 2.54 bits per heavy atom. The number of nitrogens with one attached hydrogen (secondary N) is 2. The van der Waals surface area contributed by atoms with Crippen molar-refractivity contribution in [2.75, 3.05) is 26.5 Å². The Hall–Kier alpha value is -2.38. The fraction of sp³-hybridized carbons (Fsp3) is 0.312. The number of carbonyl (C=O) groups is 2. The van der Waals surface area contributed by atoms with Crippen LogP contribution in [-0.2, 0) is 11.8 Å². The van der Waals surface area contributed by atoms with E-state index in [2.05, 4.69) is 15.7 Å². The Kier molecular flexibility index (Phi) is 6.94. The van der Waals surface area contributed by atoms with E-state index in [4.69, 9.17) is 0 Å². The third-order valence-corrected chi connectivity index (χ3v) is 3.39. The Labute approximate surface area is 147 Å². The van der Waals surface area contributed by atoms with Gasteiger partial charge in [-0.15, -0.1) is 12.4 Å². The normalized spacial score (nSPS) is 11.3. The third-order valence-electron chi connectivity index (χ3n) is 3.39. The van der Waals surface area contributed by atoms with Gasteiger partial charge in [0.25, 0.3) is 5.91 Å². The molecule has 24 heavy (non-hydrogen) atoms. The van der Waals surface area contributed by atoms with Crippen molar-refractivity contribution in [1.82, 2.24) is 20.0 Å². The first kappa shape index (κ1) is 19.7.